The van der Waals surface area contributed by atoms with Gasteiger partial charge in [0.05, 0.1) is 5.41 Å². The van der Waals surface area contributed by atoms with Crippen LogP contribution < -0.4 is 10.6 Å². The Hall–Kier alpha value is -1.65. The molecule has 0 spiro atoms. The minimum Gasteiger partial charge on any atom is -0.460 e. The second-order valence-electron chi connectivity index (χ2n) is 11.4. The van der Waals surface area contributed by atoms with E-state index < -0.39 is 11.0 Å². The Morgan fingerprint density at radius 2 is 1.66 bits per heavy atom. The van der Waals surface area contributed by atoms with Gasteiger partial charge in [-0.3, -0.25) is 4.79 Å². The van der Waals surface area contributed by atoms with Gasteiger partial charge in [0.15, 0.2) is 0 Å². The maximum Gasteiger partial charge on any atom is 0.313 e. The van der Waals surface area contributed by atoms with Gasteiger partial charge >= 0.3 is 5.97 Å². The van der Waals surface area contributed by atoms with Crippen molar-refractivity contribution in [1.82, 2.24) is 10.6 Å². The first-order valence-corrected chi connectivity index (χ1v) is 12.6. The van der Waals surface area contributed by atoms with Crippen molar-refractivity contribution >= 4 is 12.0 Å². The third kappa shape index (κ3) is 7.45. The molecule has 0 aliphatic heterocycles. The van der Waals surface area contributed by atoms with Crippen molar-refractivity contribution < 1.29 is 9.53 Å². The summed E-state index contributed by atoms with van der Waals surface area (Å²) in [6.07, 6.45) is 9.53. The largest absolute Gasteiger partial charge is 0.460 e. The quantitative estimate of drug-likeness (QED) is 0.482. The molecule has 2 atom stereocenters. The van der Waals surface area contributed by atoms with Gasteiger partial charge in [-0.05, 0) is 84.6 Å². The van der Waals surface area contributed by atoms with Gasteiger partial charge in [0, 0.05) is 24.7 Å². The third-order valence-electron chi connectivity index (χ3n) is 6.79. The fourth-order valence-electron chi connectivity index (χ4n) is 4.68. The average Bonchev–Trinajstić information content (AvgIpc) is 3.50. The Morgan fingerprint density at radius 3 is 2.25 bits per heavy atom. The molecule has 2 aliphatic carbocycles. The molecule has 2 fully saturated rings. The first kappa shape index (κ1) is 25.0. The van der Waals surface area contributed by atoms with Gasteiger partial charge in [-0.1, -0.05) is 48.9 Å². The van der Waals surface area contributed by atoms with Gasteiger partial charge in [-0.15, -0.1) is 0 Å². The molecule has 178 valence electrons. The van der Waals surface area contributed by atoms with Crippen molar-refractivity contribution in [2.75, 3.05) is 6.54 Å². The molecule has 4 heteroatoms. The average molecular weight is 441 g/mol. The summed E-state index contributed by atoms with van der Waals surface area (Å²) in [7, 11) is 0. The highest BCUT2D eigenvalue weighted by atomic mass is 16.6. The lowest BCUT2D eigenvalue weighted by molar-refractivity contribution is -0.165. The number of rotatable bonds is 9. The van der Waals surface area contributed by atoms with Crippen molar-refractivity contribution in [3.63, 3.8) is 0 Å². The first-order chi connectivity index (χ1) is 15.1. The van der Waals surface area contributed by atoms with E-state index in [2.05, 4.69) is 54.0 Å². The fraction of sp³-hybridized carbons (Fsp3) is 0.679. The van der Waals surface area contributed by atoms with Gasteiger partial charge in [-0.2, -0.15) is 0 Å². The molecule has 0 aromatic heterocycles. The summed E-state index contributed by atoms with van der Waals surface area (Å²) < 4.78 is 5.59. The minimum atomic E-state index is -0.509. The molecule has 0 heterocycles. The van der Waals surface area contributed by atoms with Crippen LogP contribution >= 0.6 is 0 Å². The zero-order chi connectivity index (χ0) is 23.4. The van der Waals surface area contributed by atoms with Crippen molar-refractivity contribution in [2.45, 2.75) is 104 Å². The Labute approximate surface area is 195 Å². The van der Waals surface area contributed by atoms with Crippen LogP contribution in [0.4, 0.5) is 0 Å². The molecule has 0 radical (unpaired) electrons. The van der Waals surface area contributed by atoms with E-state index in [-0.39, 0.29) is 5.97 Å². The van der Waals surface area contributed by atoms with Crippen molar-refractivity contribution in [3.8, 4) is 0 Å². The molecule has 0 bridgehead atoms. The molecule has 3 rings (SSSR count). The van der Waals surface area contributed by atoms with Crippen molar-refractivity contribution in [3.05, 3.63) is 41.5 Å². The summed E-state index contributed by atoms with van der Waals surface area (Å²) >= 11 is 0. The summed E-state index contributed by atoms with van der Waals surface area (Å²) in [5.74, 6) is 0.577. The Balaban J connectivity index is 1.39. The van der Waals surface area contributed by atoms with E-state index in [1.165, 1.54) is 37.7 Å². The van der Waals surface area contributed by atoms with E-state index in [0.717, 1.165) is 6.42 Å². The summed E-state index contributed by atoms with van der Waals surface area (Å²) in [6, 6.07) is 12.5. The van der Waals surface area contributed by atoms with E-state index in [1.54, 1.807) is 5.57 Å². The Kier molecular flexibility index (Phi) is 8.21. The lowest BCUT2D eigenvalue weighted by Crippen LogP contribution is -2.46. The van der Waals surface area contributed by atoms with Gasteiger partial charge in [0.2, 0.25) is 0 Å². The molecule has 1 aromatic carbocycles. The SMILES string of the molecule is CC/C(=C\c1ccccc1)C1CC1NC1CCC(NCC(C)(C)C(=O)OC(C)(C)C)CC1. The number of hydrogen-bond acceptors (Lipinski definition) is 4. The van der Waals surface area contributed by atoms with Crippen LogP contribution in [0.3, 0.4) is 0 Å². The zero-order valence-corrected chi connectivity index (χ0v) is 21.0. The highest BCUT2D eigenvalue weighted by Crippen LogP contribution is 2.40. The molecule has 32 heavy (non-hydrogen) atoms. The van der Waals surface area contributed by atoms with E-state index in [1.807, 2.05) is 34.6 Å². The highest BCUT2D eigenvalue weighted by Gasteiger charge is 2.40. The fourth-order valence-corrected chi connectivity index (χ4v) is 4.68. The van der Waals surface area contributed by atoms with E-state index >= 15 is 0 Å². The van der Waals surface area contributed by atoms with Crippen LogP contribution in [-0.4, -0.2) is 36.2 Å². The second-order valence-corrected chi connectivity index (χ2v) is 11.4. The number of ether oxygens (including phenoxy) is 1. The molecule has 4 nitrogen and oxygen atoms in total. The number of nitrogens with one attached hydrogen (secondary N) is 2. The lowest BCUT2D eigenvalue weighted by atomic mass is 9.88. The van der Waals surface area contributed by atoms with Crippen LogP contribution in [0.15, 0.2) is 35.9 Å². The van der Waals surface area contributed by atoms with Gasteiger partial charge < -0.3 is 15.4 Å². The molecule has 2 unspecified atom stereocenters. The van der Waals surface area contributed by atoms with Crippen LogP contribution in [0.1, 0.15) is 85.6 Å². The Bertz CT molecular complexity index is 770. The minimum absolute atomic E-state index is 0.122. The topological polar surface area (TPSA) is 50.4 Å². The van der Waals surface area contributed by atoms with E-state index in [0.29, 0.717) is 30.6 Å². The summed E-state index contributed by atoms with van der Waals surface area (Å²) in [5.41, 5.74) is 1.95. The Morgan fingerprint density at radius 1 is 1.03 bits per heavy atom. The molecular formula is C28H44N2O2. The molecule has 0 amide bonds. The van der Waals surface area contributed by atoms with Crippen LogP contribution in [0.2, 0.25) is 0 Å². The highest BCUT2D eigenvalue weighted by molar-refractivity contribution is 5.76. The van der Waals surface area contributed by atoms with Crippen LogP contribution in [0, 0.1) is 11.3 Å². The van der Waals surface area contributed by atoms with Crippen LogP contribution in [0.25, 0.3) is 6.08 Å². The molecule has 1 aromatic rings. The van der Waals surface area contributed by atoms with Crippen LogP contribution in [0.5, 0.6) is 0 Å². The number of carbonyl (C=O) groups excluding carboxylic acids is 1. The summed E-state index contributed by atoms with van der Waals surface area (Å²) in [4.78, 5) is 12.5. The molecular weight excluding hydrogens is 396 g/mol. The van der Waals surface area contributed by atoms with Gasteiger partial charge in [-0.25, -0.2) is 0 Å². The van der Waals surface area contributed by atoms with E-state index in [4.69, 9.17) is 4.74 Å². The van der Waals surface area contributed by atoms with Crippen molar-refractivity contribution in [2.24, 2.45) is 11.3 Å². The van der Waals surface area contributed by atoms with Gasteiger partial charge in [0.25, 0.3) is 0 Å². The van der Waals surface area contributed by atoms with Crippen molar-refractivity contribution in [1.29, 1.82) is 0 Å². The monoisotopic (exact) mass is 440 g/mol. The third-order valence-corrected chi connectivity index (χ3v) is 6.79. The summed E-state index contributed by atoms with van der Waals surface area (Å²) in [5, 5.41) is 7.58. The second kappa shape index (κ2) is 10.5. The zero-order valence-electron chi connectivity index (χ0n) is 21.0. The first-order valence-electron chi connectivity index (χ1n) is 12.6. The molecule has 2 N–H and O–H groups in total. The smallest absolute Gasteiger partial charge is 0.313 e. The molecule has 2 saturated carbocycles. The molecule has 0 saturated heterocycles. The molecule has 2 aliphatic rings. The number of carbonyl (C=O) groups is 1. The maximum absolute atomic E-state index is 12.5. The van der Waals surface area contributed by atoms with Gasteiger partial charge in [0.1, 0.15) is 5.60 Å². The normalized spacial score (nSPS) is 26.6. The number of hydrogen-bond donors (Lipinski definition) is 2. The predicted molar refractivity (Wildman–Crippen MR) is 133 cm³/mol. The van der Waals surface area contributed by atoms with E-state index in [9.17, 15) is 4.79 Å². The predicted octanol–water partition coefficient (Wildman–Crippen LogP) is 5.73. The maximum atomic E-state index is 12.5. The number of benzene rings is 1. The standard InChI is InChI=1S/C28H44N2O2/c1-7-21(17-20-11-9-8-10-12-20)24-18-25(24)30-23-15-13-22(14-16-23)29-19-28(5,6)26(31)32-27(2,3)4/h8-12,17,22-25,29-30H,7,13-16,18-19H2,1-6H3/b21-17+. The van der Waals surface area contributed by atoms with Crippen LogP contribution in [-0.2, 0) is 9.53 Å². The lowest BCUT2D eigenvalue weighted by Gasteiger charge is -2.33. The summed E-state index contributed by atoms with van der Waals surface area (Å²) in [6.45, 7) is 12.7. The number of esters is 1.